The van der Waals surface area contributed by atoms with E-state index in [0.29, 0.717) is 31.4 Å². The van der Waals surface area contributed by atoms with Gasteiger partial charge in [-0.05, 0) is 78.0 Å². The van der Waals surface area contributed by atoms with Crippen LogP contribution in [0, 0.1) is 5.82 Å². The average Bonchev–Trinajstić information content (AvgIpc) is 2.90. The molecule has 36 heavy (non-hydrogen) atoms. The summed E-state index contributed by atoms with van der Waals surface area (Å²) in [5.74, 6) is -0.689. The first-order chi connectivity index (χ1) is 17.5. The van der Waals surface area contributed by atoms with Gasteiger partial charge in [-0.1, -0.05) is 80.9 Å². The van der Waals surface area contributed by atoms with Crippen molar-refractivity contribution in [3.8, 4) is 22.3 Å². The molecule has 0 atom stereocenters. The fourth-order valence-electron chi connectivity index (χ4n) is 4.41. The molecule has 3 aromatic rings. The molecule has 0 bridgehead atoms. The van der Waals surface area contributed by atoms with Crippen LogP contribution in [0.4, 0.5) is 4.39 Å². The Labute approximate surface area is 214 Å². The van der Waals surface area contributed by atoms with Crippen molar-refractivity contribution in [2.45, 2.75) is 58.3 Å². The van der Waals surface area contributed by atoms with Crippen molar-refractivity contribution in [2.75, 3.05) is 13.2 Å². The summed E-state index contributed by atoms with van der Waals surface area (Å²) in [7, 11) is 0. The Morgan fingerprint density at radius 1 is 0.861 bits per heavy atom. The molecule has 3 nitrogen and oxygen atoms in total. The number of carbonyl (C=O) groups is 1. The second kappa shape index (κ2) is 14.4. The zero-order valence-electron chi connectivity index (χ0n) is 21.3. The number of esters is 1. The number of aliphatic hydroxyl groups excluding tert-OH is 1. The number of ether oxygens (including phenoxy) is 1. The van der Waals surface area contributed by atoms with Gasteiger partial charge in [0.2, 0.25) is 0 Å². The third-order valence-electron chi connectivity index (χ3n) is 6.45. The smallest absolute Gasteiger partial charge is 0.330 e. The summed E-state index contributed by atoms with van der Waals surface area (Å²) in [6, 6.07) is 19.8. The molecule has 3 aromatic carbocycles. The summed E-state index contributed by atoms with van der Waals surface area (Å²) in [4.78, 5) is 11.3. The number of hydrogen-bond acceptors (Lipinski definition) is 3. The molecule has 1 N–H and O–H groups in total. The predicted molar refractivity (Wildman–Crippen MR) is 145 cm³/mol. The van der Waals surface area contributed by atoms with Gasteiger partial charge in [0.1, 0.15) is 5.82 Å². The highest BCUT2D eigenvalue weighted by Gasteiger charge is 2.11. The maximum atomic E-state index is 15.3. The molecule has 0 heterocycles. The second-order valence-corrected chi connectivity index (χ2v) is 9.13. The highest BCUT2D eigenvalue weighted by atomic mass is 19.1. The van der Waals surface area contributed by atoms with Crippen LogP contribution in [-0.2, 0) is 28.8 Å². The zero-order chi connectivity index (χ0) is 25.8. The van der Waals surface area contributed by atoms with Gasteiger partial charge >= 0.3 is 5.97 Å². The maximum Gasteiger partial charge on any atom is 0.330 e. The molecule has 0 amide bonds. The number of halogens is 1. The van der Waals surface area contributed by atoms with Crippen LogP contribution < -0.4 is 0 Å². The first-order valence-corrected chi connectivity index (χ1v) is 13.0. The van der Waals surface area contributed by atoms with E-state index in [0.717, 1.165) is 46.7 Å². The lowest BCUT2D eigenvalue weighted by Gasteiger charge is -2.13. The van der Waals surface area contributed by atoms with E-state index >= 15 is 4.39 Å². The van der Waals surface area contributed by atoms with Crippen molar-refractivity contribution in [3.05, 3.63) is 95.8 Å². The second-order valence-electron chi connectivity index (χ2n) is 9.13. The van der Waals surface area contributed by atoms with Crippen molar-refractivity contribution < 1.29 is 19.0 Å². The molecule has 190 valence electrons. The molecule has 0 unspecified atom stereocenters. The lowest BCUT2D eigenvalue weighted by atomic mass is 9.93. The molecule has 0 saturated heterocycles. The Bertz CT molecular complexity index is 1130. The third-order valence-corrected chi connectivity index (χ3v) is 6.45. The zero-order valence-corrected chi connectivity index (χ0v) is 21.3. The molecule has 0 spiro atoms. The highest BCUT2D eigenvalue weighted by molar-refractivity contribution is 5.81. The number of unbranched alkanes of at least 4 members (excludes halogenated alkanes) is 2. The van der Waals surface area contributed by atoms with Crippen molar-refractivity contribution in [1.82, 2.24) is 0 Å². The van der Waals surface area contributed by atoms with E-state index in [1.165, 1.54) is 24.8 Å². The van der Waals surface area contributed by atoms with Gasteiger partial charge in [-0.15, -0.1) is 0 Å². The van der Waals surface area contributed by atoms with Gasteiger partial charge in [-0.3, -0.25) is 0 Å². The first-order valence-electron chi connectivity index (χ1n) is 13.0. The van der Waals surface area contributed by atoms with Crippen LogP contribution in [0.3, 0.4) is 0 Å². The number of aryl methyl sites for hydroxylation is 3. The van der Waals surface area contributed by atoms with Crippen molar-refractivity contribution >= 4 is 5.97 Å². The SMILES string of the molecule is C=CC(=O)OCCCc1cc(-c2ccc(-c3ccc(CCCCC)cc3)cc2F)ccc1CCCO. The third kappa shape index (κ3) is 7.89. The quantitative estimate of drug-likeness (QED) is 0.145. The minimum Gasteiger partial charge on any atom is -0.463 e. The minimum absolute atomic E-state index is 0.119. The molecule has 0 aliphatic carbocycles. The summed E-state index contributed by atoms with van der Waals surface area (Å²) < 4.78 is 20.4. The van der Waals surface area contributed by atoms with Gasteiger partial charge in [-0.2, -0.15) is 0 Å². The van der Waals surface area contributed by atoms with Gasteiger partial charge < -0.3 is 9.84 Å². The topological polar surface area (TPSA) is 46.5 Å². The molecule has 0 fully saturated rings. The maximum absolute atomic E-state index is 15.3. The van der Waals surface area contributed by atoms with E-state index in [9.17, 15) is 9.90 Å². The normalized spacial score (nSPS) is 10.9. The predicted octanol–water partition coefficient (Wildman–Crippen LogP) is 7.48. The number of carbonyl (C=O) groups excluding carboxylic acids is 1. The molecular formula is C32H37FO3. The van der Waals surface area contributed by atoms with Crippen molar-refractivity contribution in [3.63, 3.8) is 0 Å². The molecule has 0 aromatic heterocycles. The van der Waals surface area contributed by atoms with E-state index in [1.807, 2.05) is 30.3 Å². The molecule has 4 heteroatoms. The van der Waals surface area contributed by atoms with Gasteiger partial charge in [0.25, 0.3) is 0 Å². The molecular weight excluding hydrogens is 451 g/mol. The first kappa shape index (κ1) is 27.3. The highest BCUT2D eigenvalue weighted by Crippen LogP contribution is 2.30. The molecule has 0 aliphatic heterocycles. The van der Waals surface area contributed by atoms with E-state index in [1.54, 1.807) is 6.07 Å². The average molecular weight is 489 g/mol. The van der Waals surface area contributed by atoms with Crippen LogP contribution in [0.5, 0.6) is 0 Å². The standard InChI is InChI=1S/C32H37FO3/c1-3-5-6-9-24-12-14-26(15-13-24)28-18-19-30(31(33)23-28)29-17-16-25(10-7-20-34)27(22-29)11-8-21-36-32(35)4-2/h4,12-19,22-23,34H,2-3,5-11,20-21H2,1H3. The van der Waals surface area contributed by atoms with Gasteiger partial charge in [-0.25, -0.2) is 9.18 Å². The van der Waals surface area contributed by atoms with Crippen LogP contribution in [0.15, 0.2) is 73.3 Å². The minimum atomic E-state index is -0.433. The van der Waals surface area contributed by atoms with Crippen LogP contribution >= 0.6 is 0 Å². The van der Waals surface area contributed by atoms with Crippen LogP contribution in [0.1, 0.15) is 55.7 Å². The van der Waals surface area contributed by atoms with Gasteiger partial charge in [0.15, 0.2) is 0 Å². The number of hydrogen-bond donors (Lipinski definition) is 1. The van der Waals surface area contributed by atoms with E-state index in [2.05, 4.69) is 37.8 Å². The Morgan fingerprint density at radius 3 is 2.28 bits per heavy atom. The molecule has 0 aliphatic rings. The fourth-order valence-corrected chi connectivity index (χ4v) is 4.41. The Morgan fingerprint density at radius 2 is 1.58 bits per heavy atom. The molecule has 0 saturated carbocycles. The van der Waals surface area contributed by atoms with Gasteiger partial charge in [0, 0.05) is 18.2 Å². The number of aliphatic hydroxyl groups is 1. The lowest BCUT2D eigenvalue weighted by molar-refractivity contribution is -0.137. The summed E-state index contributed by atoms with van der Waals surface area (Å²) in [6.45, 7) is 6.03. The van der Waals surface area contributed by atoms with E-state index < -0.39 is 5.97 Å². The molecule has 0 radical (unpaired) electrons. The van der Waals surface area contributed by atoms with Crippen LogP contribution in [0.2, 0.25) is 0 Å². The Hall–Kier alpha value is -3.24. The summed E-state index contributed by atoms with van der Waals surface area (Å²) >= 11 is 0. The summed E-state index contributed by atoms with van der Waals surface area (Å²) in [6.07, 6.45) is 8.64. The largest absolute Gasteiger partial charge is 0.463 e. The van der Waals surface area contributed by atoms with E-state index in [-0.39, 0.29) is 12.4 Å². The summed E-state index contributed by atoms with van der Waals surface area (Å²) in [5, 5.41) is 9.26. The number of rotatable bonds is 14. The summed E-state index contributed by atoms with van der Waals surface area (Å²) in [5.41, 5.74) is 6.77. The van der Waals surface area contributed by atoms with E-state index in [4.69, 9.17) is 4.74 Å². The number of benzene rings is 3. The van der Waals surface area contributed by atoms with Crippen molar-refractivity contribution in [1.29, 1.82) is 0 Å². The van der Waals surface area contributed by atoms with Gasteiger partial charge in [0.05, 0.1) is 6.61 Å². The van der Waals surface area contributed by atoms with Crippen LogP contribution in [0.25, 0.3) is 22.3 Å². The molecule has 3 rings (SSSR count). The monoisotopic (exact) mass is 488 g/mol. The Balaban J connectivity index is 1.77. The van der Waals surface area contributed by atoms with Crippen molar-refractivity contribution in [2.24, 2.45) is 0 Å². The Kier molecular flexibility index (Phi) is 10.9. The fraction of sp³-hybridized carbons (Fsp3) is 0.344. The lowest BCUT2D eigenvalue weighted by Crippen LogP contribution is -2.04. The van der Waals surface area contributed by atoms with Crippen LogP contribution in [-0.4, -0.2) is 24.3 Å².